The molecule has 0 fully saturated rings. The van der Waals surface area contributed by atoms with Crippen LogP contribution in [0.4, 0.5) is 0 Å². The summed E-state index contributed by atoms with van der Waals surface area (Å²) >= 11 is 5.73. The van der Waals surface area contributed by atoms with Gasteiger partial charge in [-0.05, 0) is 24.6 Å². The highest BCUT2D eigenvalue weighted by Crippen LogP contribution is 2.10. The molecule has 82 valence electrons. The van der Waals surface area contributed by atoms with Gasteiger partial charge in [-0.2, -0.15) is 0 Å². The first-order valence-corrected chi connectivity index (χ1v) is 4.88. The topological polar surface area (TPSA) is 64.3 Å². The maximum atomic E-state index is 11.0. The summed E-state index contributed by atoms with van der Waals surface area (Å²) in [5.74, 6) is 4.62. The number of nitrogens with two attached hydrogens (primary N) is 1. The highest BCUT2D eigenvalue weighted by atomic mass is 35.5. The lowest BCUT2D eigenvalue weighted by atomic mass is 10.2. The van der Waals surface area contributed by atoms with Crippen LogP contribution in [0.2, 0.25) is 5.02 Å². The Morgan fingerprint density at radius 2 is 2.13 bits per heavy atom. The van der Waals surface area contributed by atoms with Gasteiger partial charge in [-0.15, -0.1) is 0 Å². The van der Waals surface area contributed by atoms with Crippen molar-refractivity contribution in [3.63, 3.8) is 0 Å². The fraction of sp³-hybridized carbons (Fsp3) is 0.300. The molecule has 3 N–H and O–H groups in total. The molecule has 1 unspecified atom stereocenters. The summed E-state index contributed by atoms with van der Waals surface area (Å²) in [6, 6.07) is 7.23. The van der Waals surface area contributed by atoms with E-state index in [4.69, 9.17) is 22.2 Å². The van der Waals surface area contributed by atoms with Gasteiger partial charge in [0.05, 0.1) is 6.61 Å². The summed E-state index contributed by atoms with van der Waals surface area (Å²) in [4.78, 5) is 11.0. The molecule has 5 heteroatoms. The van der Waals surface area contributed by atoms with Crippen molar-refractivity contribution in [2.45, 2.75) is 19.6 Å². The second-order valence-electron chi connectivity index (χ2n) is 3.09. The number of hydrogen-bond acceptors (Lipinski definition) is 3. The number of carbonyl (C=O) groups excluding carboxylic acids is 1. The minimum atomic E-state index is -0.564. The summed E-state index contributed by atoms with van der Waals surface area (Å²) in [7, 11) is 0. The SMILES string of the molecule is CC(OCc1ccc(Cl)cc1)C(=O)NN. The van der Waals surface area contributed by atoms with E-state index in [0.29, 0.717) is 11.6 Å². The molecular formula is C10H13ClN2O2. The third kappa shape index (κ3) is 3.87. The van der Waals surface area contributed by atoms with Crippen LogP contribution in [0.1, 0.15) is 12.5 Å². The number of nitrogens with one attached hydrogen (secondary N) is 1. The quantitative estimate of drug-likeness (QED) is 0.463. The average molecular weight is 229 g/mol. The summed E-state index contributed by atoms with van der Waals surface area (Å²) < 4.78 is 5.29. The Morgan fingerprint density at radius 3 is 2.67 bits per heavy atom. The minimum absolute atomic E-state index is 0.344. The zero-order valence-electron chi connectivity index (χ0n) is 8.37. The predicted molar refractivity (Wildman–Crippen MR) is 58.0 cm³/mol. The molecule has 1 rings (SSSR count). The smallest absolute Gasteiger partial charge is 0.262 e. The molecule has 0 radical (unpaired) electrons. The Kier molecular flexibility index (Phi) is 4.55. The van der Waals surface area contributed by atoms with Crippen LogP contribution in [0.5, 0.6) is 0 Å². The van der Waals surface area contributed by atoms with Crippen molar-refractivity contribution in [3.8, 4) is 0 Å². The van der Waals surface area contributed by atoms with Gasteiger partial charge in [0.25, 0.3) is 5.91 Å². The van der Waals surface area contributed by atoms with Crippen LogP contribution in [0.25, 0.3) is 0 Å². The van der Waals surface area contributed by atoms with Gasteiger partial charge in [0.15, 0.2) is 0 Å². The van der Waals surface area contributed by atoms with Crippen LogP contribution in [-0.4, -0.2) is 12.0 Å². The fourth-order valence-electron chi connectivity index (χ4n) is 0.995. The lowest BCUT2D eigenvalue weighted by molar-refractivity contribution is -0.132. The molecule has 0 spiro atoms. The van der Waals surface area contributed by atoms with Crippen molar-refractivity contribution in [2.75, 3.05) is 0 Å². The van der Waals surface area contributed by atoms with E-state index in [0.717, 1.165) is 5.56 Å². The van der Waals surface area contributed by atoms with Crippen molar-refractivity contribution in [1.82, 2.24) is 5.43 Å². The van der Waals surface area contributed by atoms with Gasteiger partial charge < -0.3 is 4.74 Å². The predicted octanol–water partition coefficient (Wildman–Crippen LogP) is 1.23. The monoisotopic (exact) mass is 228 g/mol. The number of halogens is 1. The molecule has 15 heavy (non-hydrogen) atoms. The number of hydrogen-bond donors (Lipinski definition) is 2. The molecule has 0 bridgehead atoms. The van der Waals surface area contributed by atoms with Gasteiger partial charge in [0.2, 0.25) is 0 Å². The molecule has 0 heterocycles. The molecule has 0 saturated carbocycles. The number of amides is 1. The molecular weight excluding hydrogens is 216 g/mol. The number of rotatable bonds is 4. The van der Waals surface area contributed by atoms with E-state index in [1.54, 1.807) is 19.1 Å². The van der Waals surface area contributed by atoms with Crippen molar-refractivity contribution in [1.29, 1.82) is 0 Å². The Labute approximate surface area is 93.3 Å². The van der Waals surface area contributed by atoms with E-state index in [-0.39, 0.29) is 5.91 Å². The fourth-order valence-corrected chi connectivity index (χ4v) is 1.12. The number of benzene rings is 1. The molecule has 1 aromatic rings. The van der Waals surface area contributed by atoms with Crippen molar-refractivity contribution in [2.24, 2.45) is 5.84 Å². The van der Waals surface area contributed by atoms with E-state index >= 15 is 0 Å². The van der Waals surface area contributed by atoms with E-state index in [1.165, 1.54) is 0 Å². The zero-order chi connectivity index (χ0) is 11.3. The van der Waals surface area contributed by atoms with Crippen LogP contribution in [0.15, 0.2) is 24.3 Å². The van der Waals surface area contributed by atoms with Gasteiger partial charge in [-0.1, -0.05) is 23.7 Å². The summed E-state index contributed by atoms with van der Waals surface area (Å²) in [5, 5.41) is 0.673. The summed E-state index contributed by atoms with van der Waals surface area (Å²) in [5.41, 5.74) is 2.98. The van der Waals surface area contributed by atoms with Gasteiger partial charge in [0, 0.05) is 5.02 Å². The van der Waals surface area contributed by atoms with E-state index < -0.39 is 6.10 Å². The third-order valence-corrected chi connectivity index (χ3v) is 2.18. The van der Waals surface area contributed by atoms with Crippen LogP contribution in [0.3, 0.4) is 0 Å². The Bertz CT molecular complexity index is 327. The highest BCUT2D eigenvalue weighted by Gasteiger charge is 2.11. The molecule has 1 aromatic carbocycles. The van der Waals surface area contributed by atoms with Crippen molar-refractivity contribution >= 4 is 17.5 Å². The van der Waals surface area contributed by atoms with Crippen LogP contribution < -0.4 is 11.3 Å². The lowest BCUT2D eigenvalue weighted by Gasteiger charge is -2.11. The van der Waals surface area contributed by atoms with E-state index in [9.17, 15) is 4.79 Å². The number of hydrazine groups is 1. The van der Waals surface area contributed by atoms with Gasteiger partial charge in [-0.25, -0.2) is 5.84 Å². The summed E-state index contributed by atoms with van der Waals surface area (Å²) in [6.07, 6.45) is -0.564. The first kappa shape index (κ1) is 12.0. The molecule has 0 aliphatic rings. The lowest BCUT2D eigenvalue weighted by Crippen LogP contribution is -2.38. The van der Waals surface area contributed by atoms with Crippen molar-refractivity contribution < 1.29 is 9.53 Å². The van der Waals surface area contributed by atoms with Gasteiger partial charge >= 0.3 is 0 Å². The maximum Gasteiger partial charge on any atom is 0.262 e. The highest BCUT2D eigenvalue weighted by molar-refractivity contribution is 6.30. The third-order valence-electron chi connectivity index (χ3n) is 1.92. The number of carbonyl (C=O) groups is 1. The van der Waals surface area contributed by atoms with Gasteiger partial charge in [-0.3, -0.25) is 10.2 Å². The largest absolute Gasteiger partial charge is 0.364 e. The first-order valence-electron chi connectivity index (χ1n) is 4.50. The number of ether oxygens (including phenoxy) is 1. The zero-order valence-corrected chi connectivity index (χ0v) is 9.12. The standard InChI is InChI=1S/C10H13ClN2O2/c1-7(10(14)13-12)15-6-8-2-4-9(11)5-3-8/h2-5,7H,6,12H2,1H3,(H,13,14). The molecule has 0 aromatic heterocycles. The van der Waals surface area contributed by atoms with Crippen LogP contribution in [0, 0.1) is 0 Å². The molecule has 0 aliphatic heterocycles. The van der Waals surface area contributed by atoms with Crippen LogP contribution >= 0.6 is 11.6 Å². The molecule has 1 amide bonds. The molecule has 0 saturated heterocycles. The second kappa shape index (κ2) is 5.70. The Balaban J connectivity index is 2.43. The minimum Gasteiger partial charge on any atom is -0.364 e. The molecule has 1 atom stereocenters. The normalized spacial score (nSPS) is 12.2. The molecule has 0 aliphatic carbocycles. The van der Waals surface area contributed by atoms with Crippen LogP contribution in [-0.2, 0) is 16.1 Å². The Morgan fingerprint density at radius 1 is 1.53 bits per heavy atom. The van der Waals surface area contributed by atoms with E-state index in [1.807, 2.05) is 17.6 Å². The van der Waals surface area contributed by atoms with E-state index in [2.05, 4.69) is 0 Å². The first-order chi connectivity index (χ1) is 7.13. The maximum absolute atomic E-state index is 11.0. The second-order valence-corrected chi connectivity index (χ2v) is 3.52. The Hall–Kier alpha value is -1.10. The average Bonchev–Trinajstić information content (AvgIpc) is 2.26. The summed E-state index contributed by atoms with van der Waals surface area (Å²) in [6.45, 7) is 1.99. The van der Waals surface area contributed by atoms with Crippen molar-refractivity contribution in [3.05, 3.63) is 34.9 Å². The van der Waals surface area contributed by atoms with Gasteiger partial charge in [0.1, 0.15) is 6.10 Å². The molecule has 4 nitrogen and oxygen atoms in total.